The summed E-state index contributed by atoms with van der Waals surface area (Å²) in [5, 5.41) is 18.9. The summed E-state index contributed by atoms with van der Waals surface area (Å²) in [4.78, 5) is 11.7. The number of rotatable bonds is 6. The number of benzene rings is 1. The van der Waals surface area contributed by atoms with E-state index >= 15 is 0 Å². The molecular formula is C20H26N6O. The summed E-state index contributed by atoms with van der Waals surface area (Å²) in [5.74, 6) is 1.64. The molecule has 142 valence electrons. The second-order valence-electron chi connectivity index (χ2n) is 7.21. The molecule has 1 aromatic carbocycles. The van der Waals surface area contributed by atoms with Crippen LogP contribution >= 0.6 is 0 Å². The Kier molecular flexibility index (Phi) is 5.29. The summed E-state index contributed by atoms with van der Waals surface area (Å²) in [5.41, 5.74) is 2.66. The molecule has 4 rings (SSSR count). The van der Waals surface area contributed by atoms with Crippen LogP contribution in [-0.4, -0.2) is 49.3 Å². The van der Waals surface area contributed by atoms with Gasteiger partial charge in [0, 0.05) is 19.5 Å². The number of anilines is 1. The van der Waals surface area contributed by atoms with E-state index in [1.807, 2.05) is 22.9 Å². The Hall–Kier alpha value is -2.54. The molecule has 3 aromatic rings. The van der Waals surface area contributed by atoms with Crippen LogP contribution in [0.4, 0.5) is 5.82 Å². The van der Waals surface area contributed by atoms with Crippen LogP contribution in [0.15, 0.2) is 30.3 Å². The van der Waals surface area contributed by atoms with E-state index < -0.39 is 0 Å². The minimum atomic E-state index is -0.317. The lowest BCUT2D eigenvalue weighted by molar-refractivity contribution is 0.154. The monoisotopic (exact) mass is 366 g/mol. The van der Waals surface area contributed by atoms with E-state index in [0.29, 0.717) is 13.1 Å². The van der Waals surface area contributed by atoms with Gasteiger partial charge in [-0.3, -0.25) is 0 Å². The van der Waals surface area contributed by atoms with Crippen LogP contribution in [0.2, 0.25) is 0 Å². The quantitative estimate of drug-likeness (QED) is 0.722. The number of hydrogen-bond acceptors (Lipinski definition) is 6. The number of aryl methyl sites for hydroxylation is 1. The predicted molar refractivity (Wildman–Crippen MR) is 105 cm³/mol. The van der Waals surface area contributed by atoms with Crippen molar-refractivity contribution in [3.05, 3.63) is 41.7 Å². The third-order valence-corrected chi connectivity index (χ3v) is 5.02. The molecule has 1 aliphatic rings. The number of aromatic nitrogens is 5. The molecule has 0 aliphatic carbocycles. The molecule has 27 heavy (non-hydrogen) atoms. The molecular weight excluding hydrogens is 340 g/mol. The van der Waals surface area contributed by atoms with Crippen LogP contribution < -0.4 is 4.90 Å². The van der Waals surface area contributed by atoms with Gasteiger partial charge < -0.3 is 10.0 Å². The minimum absolute atomic E-state index is 0.317. The molecule has 0 radical (unpaired) electrons. The van der Waals surface area contributed by atoms with Gasteiger partial charge in [-0.2, -0.15) is 0 Å². The highest BCUT2D eigenvalue weighted by molar-refractivity contribution is 5.83. The van der Waals surface area contributed by atoms with Crippen LogP contribution in [0.5, 0.6) is 0 Å². The number of aliphatic hydroxyl groups is 1. The normalized spacial score (nSPS) is 17.6. The van der Waals surface area contributed by atoms with Crippen molar-refractivity contribution in [2.75, 3.05) is 18.0 Å². The molecule has 7 heteroatoms. The number of unbranched alkanes of at least 4 members (excludes halogenated alkanes) is 1. The zero-order valence-electron chi connectivity index (χ0n) is 15.8. The molecule has 0 amide bonds. The van der Waals surface area contributed by atoms with Crippen molar-refractivity contribution in [1.82, 2.24) is 25.0 Å². The fourth-order valence-electron chi connectivity index (χ4n) is 3.56. The molecule has 0 saturated carbocycles. The summed E-state index contributed by atoms with van der Waals surface area (Å²) in [6.45, 7) is 4.26. The van der Waals surface area contributed by atoms with E-state index in [0.717, 1.165) is 67.0 Å². The zero-order chi connectivity index (χ0) is 18.6. The third-order valence-electron chi connectivity index (χ3n) is 5.02. The lowest BCUT2D eigenvalue weighted by Crippen LogP contribution is -2.39. The van der Waals surface area contributed by atoms with Gasteiger partial charge in [0.15, 0.2) is 17.0 Å². The number of aliphatic hydroxyl groups excluding tert-OH is 1. The number of fused-ring (bicyclic) bond motifs is 1. The first-order valence-corrected chi connectivity index (χ1v) is 9.81. The molecule has 1 aliphatic heterocycles. The summed E-state index contributed by atoms with van der Waals surface area (Å²) in [6, 6.07) is 10.2. The van der Waals surface area contributed by atoms with Crippen LogP contribution in [0.1, 0.15) is 44.0 Å². The van der Waals surface area contributed by atoms with Gasteiger partial charge in [0.05, 0.1) is 12.6 Å². The molecule has 0 spiro atoms. The van der Waals surface area contributed by atoms with Crippen molar-refractivity contribution in [2.45, 2.75) is 51.7 Å². The number of piperidine rings is 1. The second-order valence-corrected chi connectivity index (χ2v) is 7.21. The molecule has 0 bridgehead atoms. The lowest BCUT2D eigenvalue weighted by Gasteiger charge is -2.31. The Morgan fingerprint density at radius 3 is 2.81 bits per heavy atom. The summed E-state index contributed by atoms with van der Waals surface area (Å²) < 4.78 is 1.85. The Balaban J connectivity index is 1.74. The standard InChI is InChI=1S/C20H26N6O/c1-2-3-11-17-21-19(25-12-7-10-16(27)14-25)18-20(22-17)26(24-23-18)13-15-8-5-4-6-9-15/h4-6,8-9,16,27H,2-3,7,10-14H2,1H3. The average molecular weight is 366 g/mol. The van der Waals surface area contributed by atoms with E-state index in [2.05, 4.69) is 34.3 Å². The van der Waals surface area contributed by atoms with Gasteiger partial charge in [-0.1, -0.05) is 48.9 Å². The summed E-state index contributed by atoms with van der Waals surface area (Å²) >= 11 is 0. The van der Waals surface area contributed by atoms with Crippen LogP contribution in [-0.2, 0) is 13.0 Å². The SMILES string of the molecule is CCCCc1nc(N2CCCC(O)C2)c2nnn(Cc3ccccc3)c2n1. The van der Waals surface area contributed by atoms with Crippen molar-refractivity contribution in [1.29, 1.82) is 0 Å². The van der Waals surface area contributed by atoms with Gasteiger partial charge in [0.2, 0.25) is 0 Å². The van der Waals surface area contributed by atoms with Crippen LogP contribution in [0.25, 0.3) is 11.2 Å². The minimum Gasteiger partial charge on any atom is -0.391 e. The maximum atomic E-state index is 10.1. The largest absolute Gasteiger partial charge is 0.391 e. The lowest BCUT2D eigenvalue weighted by atomic mass is 10.1. The smallest absolute Gasteiger partial charge is 0.184 e. The maximum absolute atomic E-state index is 10.1. The third kappa shape index (κ3) is 3.93. The van der Waals surface area contributed by atoms with Crippen LogP contribution in [0, 0.1) is 0 Å². The molecule has 7 nitrogen and oxygen atoms in total. The average Bonchev–Trinajstić information content (AvgIpc) is 3.09. The first kappa shape index (κ1) is 17.9. The number of hydrogen-bond donors (Lipinski definition) is 1. The van der Waals surface area contributed by atoms with E-state index in [1.54, 1.807) is 0 Å². The van der Waals surface area contributed by atoms with Crippen molar-refractivity contribution >= 4 is 17.0 Å². The van der Waals surface area contributed by atoms with Gasteiger partial charge in [-0.25, -0.2) is 14.6 Å². The topological polar surface area (TPSA) is 80.0 Å². The molecule has 1 N–H and O–H groups in total. The van der Waals surface area contributed by atoms with E-state index in [9.17, 15) is 5.11 Å². The molecule has 2 aromatic heterocycles. The Bertz CT molecular complexity index is 894. The highest BCUT2D eigenvalue weighted by Gasteiger charge is 2.24. The molecule has 3 heterocycles. The number of nitrogens with zero attached hydrogens (tertiary/aromatic N) is 6. The highest BCUT2D eigenvalue weighted by Crippen LogP contribution is 2.26. The van der Waals surface area contributed by atoms with Crippen molar-refractivity contribution in [3.8, 4) is 0 Å². The van der Waals surface area contributed by atoms with Crippen molar-refractivity contribution in [3.63, 3.8) is 0 Å². The van der Waals surface area contributed by atoms with Crippen molar-refractivity contribution < 1.29 is 5.11 Å². The van der Waals surface area contributed by atoms with Gasteiger partial charge in [-0.15, -0.1) is 5.10 Å². The molecule has 1 saturated heterocycles. The van der Waals surface area contributed by atoms with Gasteiger partial charge in [0.25, 0.3) is 0 Å². The first-order chi connectivity index (χ1) is 13.2. The molecule has 1 unspecified atom stereocenters. The van der Waals surface area contributed by atoms with Gasteiger partial charge >= 0.3 is 0 Å². The zero-order valence-corrected chi connectivity index (χ0v) is 15.8. The van der Waals surface area contributed by atoms with Gasteiger partial charge in [-0.05, 0) is 24.8 Å². The highest BCUT2D eigenvalue weighted by atomic mass is 16.3. The van der Waals surface area contributed by atoms with Crippen molar-refractivity contribution in [2.24, 2.45) is 0 Å². The fourth-order valence-corrected chi connectivity index (χ4v) is 3.56. The first-order valence-electron chi connectivity index (χ1n) is 9.81. The summed E-state index contributed by atoms with van der Waals surface area (Å²) in [6.07, 6.45) is 4.46. The Morgan fingerprint density at radius 2 is 2.04 bits per heavy atom. The Morgan fingerprint density at radius 1 is 1.19 bits per heavy atom. The van der Waals surface area contributed by atoms with E-state index in [4.69, 9.17) is 9.97 Å². The number of β-amino-alcohol motifs (C(OH)–C–C–N with tert-alkyl or cyclic N) is 1. The molecule has 1 atom stereocenters. The maximum Gasteiger partial charge on any atom is 0.184 e. The van der Waals surface area contributed by atoms with Gasteiger partial charge in [0.1, 0.15) is 5.82 Å². The van der Waals surface area contributed by atoms with Crippen LogP contribution in [0.3, 0.4) is 0 Å². The second kappa shape index (κ2) is 8.00. The fraction of sp³-hybridized carbons (Fsp3) is 0.500. The predicted octanol–water partition coefficient (Wildman–Crippen LogP) is 2.57. The van der Waals surface area contributed by atoms with E-state index in [-0.39, 0.29) is 6.10 Å². The Labute approximate surface area is 159 Å². The summed E-state index contributed by atoms with van der Waals surface area (Å²) in [7, 11) is 0. The van der Waals surface area contributed by atoms with E-state index in [1.165, 1.54) is 0 Å². The molecule has 1 fully saturated rings.